The third-order valence-electron chi connectivity index (χ3n) is 4.01. The maximum absolute atomic E-state index is 12.2. The van der Waals surface area contributed by atoms with Gasteiger partial charge < -0.3 is 15.0 Å². The SMILES string of the molecule is CCCN(CCNC1Cc2ccccc2C1)C(=O)OC(C)(C)C. The van der Waals surface area contributed by atoms with E-state index in [4.69, 9.17) is 4.74 Å². The fourth-order valence-corrected chi connectivity index (χ4v) is 3.00. The van der Waals surface area contributed by atoms with E-state index < -0.39 is 5.60 Å². The van der Waals surface area contributed by atoms with E-state index in [1.807, 2.05) is 20.8 Å². The molecule has 0 fully saturated rings. The Labute approximate surface area is 140 Å². The number of ether oxygens (including phenoxy) is 1. The molecular formula is C19H30N2O2. The van der Waals surface area contributed by atoms with Gasteiger partial charge in [-0.05, 0) is 51.2 Å². The Balaban J connectivity index is 1.78. The first-order valence-electron chi connectivity index (χ1n) is 8.67. The van der Waals surface area contributed by atoms with Crippen LogP contribution in [0.1, 0.15) is 45.2 Å². The lowest BCUT2D eigenvalue weighted by molar-refractivity contribution is 0.0250. The Morgan fingerprint density at radius 3 is 2.35 bits per heavy atom. The third kappa shape index (κ3) is 5.54. The average Bonchev–Trinajstić information content (AvgIpc) is 2.87. The molecule has 1 amide bonds. The summed E-state index contributed by atoms with van der Waals surface area (Å²) in [5, 5.41) is 3.59. The highest BCUT2D eigenvalue weighted by Crippen LogP contribution is 2.21. The van der Waals surface area contributed by atoms with E-state index in [2.05, 4.69) is 36.5 Å². The number of nitrogens with zero attached hydrogens (tertiary/aromatic N) is 1. The fourth-order valence-electron chi connectivity index (χ4n) is 3.00. The molecule has 0 saturated heterocycles. The minimum Gasteiger partial charge on any atom is -0.444 e. The summed E-state index contributed by atoms with van der Waals surface area (Å²) in [5.41, 5.74) is 2.45. The second-order valence-corrected chi connectivity index (χ2v) is 7.30. The second kappa shape index (κ2) is 7.82. The molecule has 0 bridgehead atoms. The summed E-state index contributed by atoms with van der Waals surface area (Å²) < 4.78 is 5.48. The Morgan fingerprint density at radius 1 is 1.22 bits per heavy atom. The fraction of sp³-hybridized carbons (Fsp3) is 0.632. The highest BCUT2D eigenvalue weighted by Gasteiger charge is 2.23. The monoisotopic (exact) mass is 318 g/mol. The van der Waals surface area contributed by atoms with Crippen LogP contribution in [0.3, 0.4) is 0 Å². The predicted octanol–water partition coefficient (Wildman–Crippen LogP) is 3.39. The highest BCUT2D eigenvalue weighted by atomic mass is 16.6. The topological polar surface area (TPSA) is 41.6 Å². The summed E-state index contributed by atoms with van der Waals surface area (Å²) in [7, 11) is 0. The standard InChI is InChI=1S/C19H30N2O2/c1-5-11-21(18(22)23-19(2,3)4)12-10-20-17-13-15-8-6-7-9-16(15)14-17/h6-9,17,20H,5,10-14H2,1-4H3. The Hall–Kier alpha value is -1.55. The Bertz CT molecular complexity index is 497. The van der Waals surface area contributed by atoms with Gasteiger partial charge in [0, 0.05) is 25.7 Å². The molecule has 2 rings (SSSR count). The second-order valence-electron chi connectivity index (χ2n) is 7.30. The molecular weight excluding hydrogens is 288 g/mol. The summed E-state index contributed by atoms with van der Waals surface area (Å²) in [6.45, 7) is 10.0. The molecule has 0 unspecified atom stereocenters. The van der Waals surface area contributed by atoms with Crippen molar-refractivity contribution in [3.8, 4) is 0 Å². The lowest BCUT2D eigenvalue weighted by atomic mass is 10.1. The molecule has 0 aliphatic heterocycles. The third-order valence-corrected chi connectivity index (χ3v) is 4.01. The van der Waals surface area contributed by atoms with Gasteiger partial charge in [0.25, 0.3) is 0 Å². The van der Waals surface area contributed by atoms with Gasteiger partial charge in [-0.25, -0.2) is 4.79 Å². The van der Waals surface area contributed by atoms with Crippen molar-refractivity contribution in [1.82, 2.24) is 10.2 Å². The summed E-state index contributed by atoms with van der Waals surface area (Å²) in [5.74, 6) is 0. The smallest absolute Gasteiger partial charge is 0.410 e. The Morgan fingerprint density at radius 2 is 1.83 bits per heavy atom. The van der Waals surface area contributed by atoms with E-state index in [1.54, 1.807) is 4.90 Å². The summed E-state index contributed by atoms with van der Waals surface area (Å²) in [4.78, 5) is 14.0. The van der Waals surface area contributed by atoms with Gasteiger partial charge in [-0.15, -0.1) is 0 Å². The molecule has 0 spiro atoms. The van der Waals surface area contributed by atoms with Gasteiger partial charge in [-0.2, -0.15) is 0 Å². The van der Waals surface area contributed by atoms with Crippen molar-refractivity contribution in [2.24, 2.45) is 0 Å². The highest BCUT2D eigenvalue weighted by molar-refractivity contribution is 5.68. The maximum Gasteiger partial charge on any atom is 0.410 e. The van der Waals surface area contributed by atoms with Crippen LogP contribution in [0.5, 0.6) is 0 Å². The predicted molar refractivity (Wildman–Crippen MR) is 93.7 cm³/mol. The number of hydrogen-bond donors (Lipinski definition) is 1. The van der Waals surface area contributed by atoms with Crippen molar-refractivity contribution >= 4 is 6.09 Å². The molecule has 1 N–H and O–H groups in total. The van der Waals surface area contributed by atoms with Crippen LogP contribution in [0, 0.1) is 0 Å². The van der Waals surface area contributed by atoms with E-state index in [0.29, 0.717) is 12.6 Å². The largest absolute Gasteiger partial charge is 0.444 e. The number of fused-ring (bicyclic) bond motifs is 1. The number of carbonyl (C=O) groups excluding carboxylic acids is 1. The number of amides is 1. The van der Waals surface area contributed by atoms with Gasteiger partial charge in [-0.1, -0.05) is 31.2 Å². The number of hydrogen-bond acceptors (Lipinski definition) is 3. The summed E-state index contributed by atoms with van der Waals surface area (Å²) >= 11 is 0. The van der Waals surface area contributed by atoms with Crippen LogP contribution in [-0.4, -0.2) is 42.3 Å². The number of nitrogens with one attached hydrogen (secondary N) is 1. The molecule has 4 nitrogen and oxygen atoms in total. The molecule has 0 radical (unpaired) electrons. The minimum atomic E-state index is -0.441. The lowest BCUT2D eigenvalue weighted by Gasteiger charge is -2.27. The van der Waals surface area contributed by atoms with Crippen molar-refractivity contribution in [1.29, 1.82) is 0 Å². The van der Waals surface area contributed by atoms with Gasteiger partial charge in [-0.3, -0.25) is 0 Å². The van der Waals surface area contributed by atoms with Crippen LogP contribution < -0.4 is 5.32 Å². The van der Waals surface area contributed by atoms with E-state index in [1.165, 1.54) is 11.1 Å². The number of benzene rings is 1. The van der Waals surface area contributed by atoms with Crippen LogP contribution in [-0.2, 0) is 17.6 Å². The van der Waals surface area contributed by atoms with Crippen LogP contribution >= 0.6 is 0 Å². The molecule has 1 aromatic carbocycles. The van der Waals surface area contributed by atoms with Crippen LogP contribution in [0.25, 0.3) is 0 Å². The first kappa shape index (κ1) is 17.8. The normalized spacial score (nSPS) is 14.6. The molecule has 1 aromatic rings. The van der Waals surface area contributed by atoms with Gasteiger partial charge in [0.15, 0.2) is 0 Å². The lowest BCUT2D eigenvalue weighted by Crippen LogP contribution is -2.42. The van der Waals surface area contributed by atoms with Crippen LogP contribution in [0.4, 0.5) is 4.79 Å². The van der Waals surface area contributed by atoms with Crippen LogP contribution in [0.2, 0.25) is 0 Å². The first-order valence-corrected chi connectivity index (χ1v) is 8.67. The van der Waals surface area contributed by atoms with Crippen molar-refractivity contribution in [3.63, 3.8) is 0 Å². The minimum absolute atomic E-state index is 0.212. The molecule has 1 aliphatic carbocycles. The first-order chi connectivity index (χ1) is 10.9. The van der Waals surface area contributed by atoms with E-state index in [9.17, 15) is 4.79 Å². The zero-order chi connectivity index (χ0) is 16.9. The van der Waals surface area contributed by atoms with Gasteiger partial charge >= 0.3 is 6.09 Å². The molecule has 0 heterocycles. The van der Waals surface area contributed by atoms with Crippen molar-refractivity contribution < 1.29 is 9.53 Å². The zero-order valence-electron chi connectivity index (χ0n) is 14.9. The quantitative estimate of drug-likeness (QED) is 0.874. The maximum atomic E-state index is 12.2. The molecule has 4 heteroatoms. The molecule has 23 heavy (non-hydrogen) atoms. The van der Waals surface area contributed by atoms with E-state index in [-0.39, 0.29) is 6.09 Å². The number of carbonyl (C=O) groups is 1. The Kier molecular flexibility index (Phi) is 6.05. The molecule has 0 atom stereocenters. The van der Waals surface area contributed by atoms with E-state index in [0.717, 1.165) is 32.4 Å². The van der Waals surface area contributed by atoms with Gasteiger partial charge in [0.2, 0.25) is 0 Å². The summed E-state index contributed by atoms with van der Waals surface area (Å²) in [6.07, 6.45) is 2.89. The molecule has 0 aromatic heterocycles. The van der Waals surface area contributed by atoms with Crippen molar-refractivity contribution in [3.05, 3.63) is 35.4 Å². The average molecular weight is 318 g/mol. The van der Waals surface area contributed by atoms with Crippen molar-refractivity contribution in [2.75, 3.05) is 19.6 Å². The van der Waals surface area contributed by atoms with Crippen LogP contribution in [0.15, 0.2) is 24.3 Å². The molecule has 128 valence electrons. The van der Waals surface area contributed by atoms with E-state index >= 15 is 0 Å². The van der Waals surface area contributed by atoms with Gasteiger partial charge in [0.05, 0.1) is 0 Å². The number of rotatable bonds is 6. The molecule has 1 aliphatic rings. The summed E-state index contributed by atoms with van der Waals surface area (Å²) in [6, 6.07) is 9.11. The van der Waals surface area contributed by atoms with Gasteiger partial charge in [0.1, 0.15) is 5.60 Å². The zero-order valence-corrected chi connectivity index (χ0v) is 14.9. The van der Waals surface area contributed by atoms with Crippen molar-refractivity contribution in [2.45, 2.75) is 58.6 Å². The molecule has 0 saturated carbocycles.